The van der Waals surface area contributed by atoms with Crippen LogP contribution in [0.3, 0.4) is 0 Å². The molecular weight excluding hydrogens is 268 g/mol. The van der Waals surface area contributed by atoms with E-state index >= 15 is 0 Å². The Labute approximate surface area is 131 Å². The third kappa shape index (κ3) is 7.09. The van der Waals surface area contributed by atoms with Crippen molar-refractivity contribution in [1.29, 1.82) is 0 Å². The quantitative estimate of drug-likeness (QED) is 0.313. The minimum atomic E-state index is -0.910. The summed E-state index contributed by atoms with van der Waals surface area (Å²) in [6, 6.07) is 0. The zero-order valence-electron chi connectivity index (χ0n) is 15.7. The van der Waals surface area contributed by atoms with Gasteiger partial charge < -0.3 is 0 Å². The van der Waals surface area contributed by atoms with E-state index in [1.165, 1.54) is 0 Å². The van der Waals surface area contributed by atoms with E-state index in [0.717, 1.165) is 6.42 Å². The summed E-state index contributed by atoms with van der Waals surface area (Å²) < 4.78 is 0. The lowest BCUT2D eigenvalue weighted by Crippen LogP contribution is -2.42. The first-order chi connectivity index (χ1) is 9.36. The molecule has 128 valence electrons. The fourth-order valence-corrected chi connectivity index (χ4v) is 1.13. The minimum absolute atomic E-state index is 0.330. The highest BCUT2D eigenvalue weighted by molar-refractivity contribution is 4.72. The molecule has 0 N–H and O–H groups in total. The van der Waals surface area contributed by atoms with Crippen LogP contribution >= 0.6 is 0 Å². The molecule has 0 amide bonds. The number of hydrogen-bond acceptors (Lipinski definition) is 4. The molecule has 0 aliphatic carbocycles. The second-order valence-electron chi connectivity index (χ2n) is 7.73. The lowest BCUT2D eigenvalue weighted by molar-refractivity contribution is -0.544. The molecule has 0 unspecified atom stereocenters. The molecule has 0 aromatic rings. The zero-order chi connectivity index (χ0) is 16.9. The van der Waals surface area contributed by atoms with Crippen LogP contribution in [0.15, 0.2) is 0 Å². The van der Waals surface area contributed by atoms with E-state index in [2.05, 4.69) is 34.6 Å². The van der Waals surface area contributed by atoms with E-state index in [4.69, 9.17) is 19.6 Å². The highest BCUT2D eigenvalue weighted by Crippen LogP contribution is 2.30. The second-order valence-corrected chi connectivity index (χ2v) is 7.73. The molecule has 0 bridgehead atoms. The van der Waals surface area contributed by atoms with Crippen molar-refractivity contribution in [1.82, 2.24) is 0 Å². The van der Waals surface area contributed by atoms with E-state index in [0.29, 0.717) is 18.3 Å². The molecule has 0 aromatic carbocycles. The van der Waals surface area contributed by atoms with Gasteiger partial charge in [0.1, 0.15) is 11.2 Å². The smallest absolute Gasteiger partial charge is 0.227 e. The van der Waals surface area contributed by atoms with E-state index in [1.54, 1.807) is 0 Å². The monoisotopic (exact) mass is 304 g/mol. The maximum atomic E-state index is 5.63. The van der Waals surface area contributed by atoms with Gasteiger partial charge in [-0.1, -0.05) is 41.0 Å². The molecule has 4 heteroatoms. The summed E-state index contributed by atoms with van der Waals surface area (Å²) in [5.74, 6) is -0.250. The Hall–Kier alpha value is -0.160. The summed E-state index contributed by atoms with van der Waals surface area (Å²) >= 11 is 0. The van der Waals surface area contributed by atoms with Crippen LogP contribution in [0.25, 0.3) is 0 Å². The van der Waals surface area contributed by atoms with Crippen LogP contribution in [0.2, 0.25) is 0 Å². The Morgan fingerprint density at radius 3 is 1.24 bits per heavy atom. The van der Waals surface area contributed by atoms with Gasteiger partial charge in [0.05, 0.1) is 0 Å². The number of hydrogen-bond donors (Lipinski definition) is 0. The van der Waals surface area contributed by atoms with E-state index in [9.17, 15) is 0 Å². The molecule has 0 rings (SSSR count). The third-order valence-corrected chi connectivity index (χ3v) is 4.35. The largest absolute Gasteiger partial charge is 0.231 e. The molecule has 0 radical (unpaired) electrons. The minimum Gasteiger partial charge on any atom is -0.227 e. The van der Waals surface area contributed by atoms with E-state index < -0.39 is 5.79 Å². The van der Waals surface area contributed by atoms with Crippen LogP contribution in [0.4, 0.5) is 0 Å². The van der Waals surface area contributed by atoms with Gasteiger partial charge in [-0.15, -0.1) is 0 Å². The first-order valence-electron chi connectivity index (χ1n) is 8.10. The van der Waals surface area contributed by atoms with Crippen molar-refractivity contribution in [3.8, 4) is 0 Å². The summed E-state index contributed by atoms with van der Waals surface area (Å²) in [5.41, 5.74) is -0.766. The first kappa shape index (κ1) is 20.8. The fraction of sp³-hybridized carbons (Fsp3) is 1.00. The van der Waals surface area contributed by atoms with Crippen molar-refractivity contribution in [2.45, 2.75) is 99.1 Å². The van der Waals surface area contributed by atoms with E-state index in [-0.39, 0.29) is 11.2 Å². The lowest BCUT2D eigenvalue weighted by atomic mass is 9.95. The van der Waals surface area contributed by atoms with Crippen molar-refractivity contribution < 1.29 is 19.6 Å². The molecule has 0 saturated heterocycles. The molecule has 0 heterocycles. The summed E-state index contributed by atoms with van der Waals surface area (Å²) in [5, 5.41) is 0. The Kier molecular flexibility index (Phi) is 7.85. The number of rotatable bonds is 10. The van der Waals surface area contributed by atoms with Gasteiger partial charge >= 0.3 is 0 Å². The summed E-state index contributed by atoms with van der Waals surface area (Å²) in [4.78, 5) is 22.5. The van der Waals surface area contributed by atoms with Crippen LogP contribution in [0.1, 0.15) is 82.1 Å². The molecule has 4 nitrogen and oxygen atoms in total. The SMILES string of the molecule is CCCC(C)(OOC(C)(C)C(C)C)OOC(C)(C)C(C)C. The van der Waals surface area contributed by atoms with Crippen LogP contribution in [-0.2, 0) is 19.6 Å². The fourth-order valence-electron chi connectivity index (χ4n) is 1.13. The predicted octanol–water partition coefficient (Wildman–Crippen LogP) is 5.27. The van der Waals surface area contributed by atoms with Gasteiger partial charge in [0, 0.05) is 6.42 Å². The van der Waals surface area contributed by atoms with Gasteiger partial charge in [-0.3, -0.25) is 0 Å². The van der Waals surface area contributed by atoms with Crippen LogP contribution in [0, 0.1) is 11.8 Å². The van der Waals surface area contributed by atoms with Gasteiger partial charge in [0.15, 0.2) is 0 Å². The van der Waals surface area contributed by atoms with Crippen molar-refractivity contribution in [3.63, 3.8) is 0 Å². The van der Waals surface area contributed by atoms with Gasteiger partial charge in [0.2, 0.25) is 5.79 Å². The first-order valence-corrected chi connectivity index (χ1v) is 8.10. The summed E-state index contributed by atoms with van der Waals surface area (Å²) in [6.45, 7) is 20.3. The molecular formula is C17H36O4. The molecule has 0 atom stereocenters. The van der Waals surface area contributed by atoms with E-state index in [1.807, 2.05) is 34.6 Å². The van der Waals surface area contributed by atoms with Gasteiger partial charge in [0.25, 0.3) is 0 Å². The average molecular weight is 304 g/mol. The molecule has 0 saturated carbocycles. The predicted molar refractivity (Wildman–Crippen MR) is 85.5 cm³/mol. The topological polar surface area (TPSA) is 36.9 Å². The summed E-state index contributed by atoms with van der Waals surface area (Å²) in [6.07, 6.45) is 1.60. The molecule has 0 aromatic heterocycles. The highest BCUT2D eigenvalue weighted by Gasteiger charge is 2.36. The van der Waals surface area contributed by atoms with Crippen LogP contribution < -0.4 is 0 Å². The van der Waals surface area contributed by atoms with Gasteiger partial charge in [-0.2, -0.15) is 9.78 Å². The Morgan fingerprint density at radius 1 is 0.667 bits per heavy atom. The average Bonchev–Trinajstić information content (AvgIpc) is 2.35. The van der Waals surface area contributed by atoms with Crippen molar-refractivity contribution in [2.75, 3.05) is 0 Å². The second kappa shape index (κ2) is 7.91. The molecule has 0 fully saturated rings. The standard InChI is InChI=1S/C17H36O4/c1-11-12-17(10,20-18-15(6,7)13(2)3)21-19-16(8,9)14(4)5/h13-14H,11-12H2,1-10H3. The van der Waals surface area contributed by atoms with Crippen molar-refractivity contribution in [2.24, 2.45) is 11.8 Å². The highest BCUT2D eigenvalue weighted by atomic mass is 17.3. The zero-order valence-corrected chi connectivity index (χ0v) is 15.7. The maximum absolute atomic E-state index is 5.63. The Bertz CT molecular complexity index is 271. The maximum Gasteiger partial charge on any atom is 0.231 e. The molecule has 0 aliphatic heterocycles. The molecule has 0 spiro atoms. The third-order valence-electron chi connectivity index (χ3n) is 4.35. The van der Waals surface area contributed by atoms with Crippen molar-refractivity contribution >= 4 is 0 Å². The molecule has 21 heavy (non-hydrogen) atoms. The Morgan fingerprint density at radius 2 is 1.00 bits per heavy atom. The van der Waals surface area contributed by atoms with Crippen LogP contribution in [-0.4, -0.2) is 17.0 Å². The van der Waals surface area contributed by atoms with Crippen LogP contribution in [0.5, 0.6) is 0 Å². The van der Waals surface area contributed by atoms with Gasteiger partial charge in [-0.25, -0.2) is 9.78 Å². The lowest BCUT2D eigenvalue weighted by Gasteiger charge is -2.36. The Balaban J connectivity index is 4.70. The van der Waals surface area contributed by atoms with Gasteiger partial charge in [-0.05, 0) is 46.5 Å². The normalized spacial score (nSPS) is 14.3. The molecule has 0 aliphatic rings. The van der Waals surface area contributed by atoms with Crippen molar-refractivity contribution in [3.05, 3.63) is 0 Å². The summed E-state index contributed by atoms with van der Waals surface area (Å²) in [7, 11) is 0.